The lowest BCUT2D eigenvalue weighted by atomic mass is 10.1. The van der Waals surface area contributed by atoms with Gasteiger partial charge in [-0.2, -0.15) is 0 Å². The fourth-order valence-corrected chi connectivity index (χ4v) is 1.63. The van der Waals surface area contributed by atoms with Gasteiger partial charge >= 0.3 is 0 Å². The number of rotatable bonds is 3. The van der Waals surface area contributed by atoms with E-state index in [-0.39, 0.29) is 5.75 Å². The Hall–Kier alpha value is -2.06. The SMILES string of the molecule is C=Cc1ccc(/C=N/c2cc(Cl)ccc2O)cc1. The molecule has 0 saturated heterocycles. The van der Waals surface area contributed by atoms with Gasteiger partial charge in [0.2, 0.25) is 0 Å². The van der Waals surface area contributed by atoms with Crippen LogP contribution >= 0.6 is 11.6 Å². The van der Waals surface area contributed by atoms with Gasteiger partial charge in [-0.15, -0.1) is 0 Å². The topological polar surface area (TPSA) is 32.6 Å². The molecule has 0 amide bonds. The van der Waals surface area contributed by atoms with Crippen molar-refractivity contribution in [2.45, 2.75) is 0 Å². The first kappa shape index (κ1) is 12.4. The normalized spacial score (nSPS) is 10.7. The number of phenolic OH excluding ortho intramolecular Hbond substituents is 1. The summed E-state index contributed by atoms with van der Waals surface area (Å²) >= 11 is 5.84. The van der Waals surface area contributed by atoms with Crippen LogP contribution in [0.5, 0.6) is 5.75 Å². The second kappa shape index (κ2) is 5.52. The Balaban J connectivity index is 2.23. The number of aromatic hydroxyl groups is 1. The number of phenols is 1. The molecule has 18 heavy (non-hydrogen) atoms. The van der Waals surface area contributed by atoms with Crippen molar-refractivity contribution >= 4 is 29.6 Å². The molecule has 0 aliphatic rings. The van der Waals surface area contributed by atoms with Crippen molar-refractivity contribution in [2.75, 3.05) is 0 Å². The van der Waals surface area contributed by atoms with E-state index in [0.717, 1.165) is 11.1 Å². The molecule has 0 aliphatic heterocycles. The van der Waals surface area contributed by atoms with Gasteiger partial charge in [0, 0.05) is 11.2 Å². The quantitative estimate of drug-likeness (QED) is 0.810. The van der Waals surface area contributed by atoms with Gasteiger partial charge in [0.1, 0.15) is 11.4 Å². The first-order chi connectivity index (χ1) is 8.69. The standard InChI is InChI=1S/C15H12ClNO/c1-2-11-3-5-12(6-4-11)10-17-14-9-13(16)7-8-15(14)18/h2-10,18H,1H2/b17-10+. The minimum atomic E-state index is 0.110. The van der Waals surface area contributed by atoms with Crippen molar-refractivity contribution < 1.29 is 5.11 Å². The Kier molecular flexibility index (Phi) is 3.80. The molecule has 0 atom stereocenters. The van der Waals surface area contributed by atoms with E-state index in [1.165, 1.54) is 6.07 Å². The molecule has 0 saturated carbocycles. The maximum Gasteiger partial charge on any atom is 0.141 e. The number of halogens is 1. The smallest absolute Gasteiger partial charge is 0.141 e. The summed E-state index contributed by atoms with van der Waals surface area (Å²) in [5.41, 5.74) is 2.45. The fourth-order valence-electron chi connectivity index (χ4n) is 1.46. The van der Waals surface area contributed by atoms with Gasteiger partial charge in [0.25, 0.3) is 0 Å². The van der Waals surface area contributed by atoms with Gasteiger partial charge in [-0.25, -0.2) is 0 Å². The summed E-state index contributed by atoms with van der Waals surface area (Å²) in [4.78, 5) is 4.21. The van der Waals surface area contributed by atoms with E-state index in [4.69, 9.17) is 11.6 Å². The van der Waals surface area contributed by atoms with Crippen LogP contribution in [0.2, 0.25) is 5.02 Å². The highest BCUT2D eigenvalue weighted by molar-refractivity contribution is 6.30. The Morgan fingerprint density at radius 2 is 1.72 bits per heavy atom. The van der Waals surface area contributed by atoms with E-state index >= 15 is 0 Å². The van der Waals surface area contributed by atoms with Crippen molar-refractivity contribution in [1.82, 2.24) is 0 Å². The Bertz CT molecular complexity index is 588. The van der Waals surface area contributed by atoms with Crippen molar-refractivity contribution in [2.24, 2.45) is 4.99 Å². The fraction of sp³-hybridized carbons (Fsp3) is 0. The van der Waals surface area contributed by atoms with Crippen LogP contribution in [0.25, 0.3) is 6.08 Å². The van der Waals surface area contributed by atoms with Crippen LogP contribution < -0.4 is 0 Å². The third kappa shape index (κ3) is 2.99. The van der Waals surface area contributed by atoms with Crippen LogP contribution in [0.1, 0.15) is 11.1 Å². The predicted octanol–water partition coefficient (Wildman–Crippen LogP) is 4.44. The van der Waals surface area contributed by atoms with Gasteiger partial charge in [0.05, 0.1) is 0 Å². The molecule has 2 aromatic rings. The summed E-state index contributed by atoms with van der Waals surface area (Å²) in [6, 6.07) is 12.5. The Morgan fingerprint density at radius 3 is 2.39 bits per heavy atom. The zero-order valence-electron chi connectivity index (χ0n) is 9.68. The molecule has 0 heterocycles. The van der Waals surface area contributed by atoms with Crippen LogP contribution in [-0.2, 0) is 0 Å². The minimum absolute atomic E-state index is 0.110. The zero-order chi connectivity index (χ0) is 13.0. The van der Waals surface area contributed by atoms with E-state index in [1.807, 2.05) is 24.3 Å². The highest BCUT2D eigenvalue weighted by Gasteiger charge is 1.99. The zero-order valence-corrected chi connectivity index (χ0v) is 10.4. The summed E-state index contributed by atoms with van der Waals surface area (Å²) in [5.74, 6) is 0.110. The Morgan fingerprint density at radius 1 is 1.06 bits per heavy atom. The van der Waals surface area contributed by atoms with Crippen LogP contribution in [0, 0.1) is 0 Å². The second-order valence-corrected chi connectivity index (χ2v) is 4.20. The van der Waals surface area contributed by atoms with E-state index in [0.29, 0.717) is 10.7 Å². The molecule has 0 fully saturated rings. The molecule has 0 radical (unpaired) electrons. The van der Waals surface area contributed by atoms with Crippen LogP contribution in [0.15, 0.2) is 54.0 Å². The van der Waals surface area contributed by atoms with E-state index in [2.05, 4.69) is 11.6 Å². The minimum Gasteiger partial charge on any atom is -0.506 e. The number of nitrogens with zero attached hydrogens (tertiary/aromatic N) is 1. The van der Waals surface area contributed by atoms with Crippen LogP contribution in [-0.4, -0.2) is 11.3 Å². The van der Waals surface area contributed by atoms with Crippen LogP contribution in [0.3, 0.4) is 0 Å². The molecular formula is C15H12ClNO. The molecule has 0 aliphatic carbocycles. The van der Waals surface area contributed by atoms with Crippen molar-refractivity contribution in [1.29, 1.82) is 0 Å². The lowest BCUT2D eigenvalue weighted by Crippen LogP contribution is -1.80. The van der Waals surface area contributed by atoms with Gasteiger partial charge in [-0.1, -0.05) is 48.5 Å². The van der Waals surface area contributed by atoms with Gasteiger partial charge in [-0.05, 0) is 29.3 Å². The Labute approximate surface area is 111 Å². The number of benzene rings is 2. The van der Waals surface area contributed by atoms with Gasteiger partial charge in [-0.3, -0.25) is 4.99 Å². The van der Waals surface area contributed by atoms with Crippen molar-refractivity contribution in [3.8, 4) is 5.75 Å². The highest BCUT2D eigenvalue weighted by atomic mass is 35.5. The first-order valence-corrected chi connectivity index (χ1v) is 5.82. The van der Waals surface area contributed by atoms with E-state index in [9.17, 15) is 5.11 Å². The predicted molar refractivity (Wildman–Crippen MR) is 76.9 cm³/mol. The highest BCUT2D eigenvalue weighted by Crippen LogP contribution is 2.29. The molecule has 90 valence electrons. The largest absolute Gasteiger partial charge is 0.506 e. The summed E-state index contributed by atoms with van der Waals surface area (Å²) < 4.78 is 0. The molecule has 2 rings (SSSR count). The molecular weight excluding hydrogens is 246 g/mol. The summed E-state index contributed by atoms with van der Waals surface area (Å²) in [6.07, 6.45) is 3.46. The molecule has 1 N–H and O–H groups in total. The molecule has 0 unspecified atom stereocenters. The molecule has 0 spiro atoms. The van der Waals surface area contributed by atoms with Gasteiger partial charge in [0.15, 0.2) is 0 Å². The maximum absolute atomic E-state index is 9.61. The average molecular weight is 258 g/mol. The number of hydrogen-bond acceptors (Lipinski definition) is 2. The van der Waals surface area contributed by atoms with E-state index < -0.39 is 0 Å². The molecule has 3 heteroatoms. The number of hydrogen-bond donors (Lipinski definition) is 1. The average Bonchev–Trinajstić information content (AvgIpc) is 2.40. The molecule has 0 bridgehead atoms. The van der Waals surface area contributed by atoms with Crippen LogP contribution in [0.4, 0.5) is 5.69 Å². The maximum atomic E-state index is 9.61. The molecule has 2 nitrogen and oxygen atoms in total. The molecule has 0 aromatic heterocycles. The third-order valence-electron chi connectivity index (χ3n) is 2.46. The molecule has 2 aromatic carbocycles. The van der Waals surface area contributed by atoms with Gasteiger partial charge < -0.3 is 5.11 Å². The lowest BCUT2D eigenvalue weighted by molar-refractivity contribution is 0.477. The summed E-state index contributed by atoms with van der Waals surface area (Å²) in [5, 5.41) is 10.2. The van der Waals surface area contributed by atoms with Crippen molar-refractivity contribution in [3.05, 3.63) is 65.2 Å². The van der Waals surface area contributed by atoms with Crippen molar-refractivity contribution in [3.63, 3.8) is 0 Å². The monoisotopic (exact) mass is 257 g/mol. The second-order valence-electron chi connectivity index (χ2n) is 3.76. The summed E-state index contributed by atoms with van der Waals surface area (Å²) in [7, 11) is 0. The third-order valence-corrected chi connectivity index (χ3v) is 2.70. The number of aliphatic imine (C=N–C) groups is 1. The van der Waals surface area contributed by atoms with E-state index in [1.54, 1.807) is 24.4 Å². The summed E-state index contributed by atoms with van der Waals surface area (Å²) in [6.45, 7) is 3.69. The first-order valence-electron chi connectivity index (χ1n) is 5.44. The lowest BCUT2D eigenvalue weighted by Gasteiger charge is -1.99.